The van der Waals surface area contributed by atoms with Gasteiger partial charge in [-0.05, 0) is 19.9 Å². The van der Waals surface area contributed by atoms with Gasteiger partial charge in [-0.2, -0.15) is 9.98 Å². The van der Waals surface area contributed by atoms with E-state index in [0.29, 0.717) is 55.2 Å². The number of nitrogens with two attached hydrogens (primary N) is 1. The molecule has 0 aromatic carbocycles. The summed E-state index contributed by atoms with van der Waals surface area (Å²) < 4.78 is 2.43. The van der Waals surface area contributed by atoms with E-state index in [1.807, 2.05) is 29.7 Å². The Morgan fingerprint density at radius 1 is 1.03 bits per heavy atom. The number of fused-ring (bicyclic) bond motifs is 1. The number of aromatic amines is 1. The first-order chi connectivity index (χ1) is 14.2. The van der Waals surface area contributed by atoms with E-state index >= 15 is 0 Å². The number of hydrogen-bond donors (Lipinski definition) is 2. The SMILES string of the molecule is Cc1cc(C)nc(N=C(N)N2CCN(c3nc4c([nH]3)c(=O)n(C)c(=O)n4C)CC2)n1. The van der Waals surface area contributed by atoms with Crippen molar-refractivity contribution in [3.05, 3.63) is 38.3 Å². The summed E-state index contributed by atoms with van der Waals surface area (Å²) in [7, 11) is 3.05. The van der Waals surface area contributed by atoms with Gasteiger partial charge in [0.05, 0.1) is 0 Å². The Labute approximate surface area is 171 Å². The number of hydrogen-bond acceptors (Lipinski definition) is 7. The molecule has 3 N–H and O–H groups in total. The number of piperazine rings is 1. The summed E-state index contributed by atoms with van der Waals surface area (Å²) in [5, 5.41) is 0. The molecule has 158 valence electrons. The van der Waals surface area contributed by atoms with Crippen LogP contribution in [0.2, 0.25) is 0 Å². The Kier molecular flexibility index (Phi) is 4.76. The molecule has 0 amide bonds. The van der Waals surface area contributed by atoms with Crippen molar-refractivity contribution in [2.24, 2.45) is 24.8 Å². The molecular weight excluding hydrogens is 388 g/mol. The Balaban J connectivity index is 1.53. The van der Waals surface area contributed by atoms with E-state index in [9.17, 15) is 9.59 Å². The number of aryl methyl sites for hydroxylation is 3. The number of aliphatic imine (C=N–C) groups is 1. The largest absolute Gasteiger partial charge is 0.369 e. The molecule has 3 aromatic rings. The number of imidazole rings is 1. The van der Waals surface area contributed by atoms with Crippen LogP contribution in [-0.2, 0) is 14.1 Å². The molecule has 4 rings (SSSR count). The molecule has 3 aromatic heterocycles. The second-order valence-electron chi connectivity index (χ2n) is 7.36. The smallest absolute Gasteiger partial charge is 0.332 e. The molecule has 0 unspecified atom stereocenters. The molecule has 4 heterocycles. The first-order valence-corrected chi connectivity index (χ1v) is 9.56. The number of nitrogens with one attached hydrogen (secondary N) is 1. The molecule has 30 heavy (non-hydrogen) atoms. The lowest BCUT2D eigenvalue weighted by Gasteiger charge is -2.34. The molecule has 1 fully saturated rings. The van der Waals surface area contributed by atoms with Crippen LogP contribution in [0.25, 0.3) is 11.2 Å². The van der Waals surface area contributed by atoms with Gasteiger partial charge in [-0.25, -0.2) is 14.8 Å². The van der Waals surface area contributed by atoms with Gasteiger partial charge in [-0.15, -0.1) is 0 Å². The fourth-order valence-corrected chi connectivity index (χ4v) is 3.54. The van der Waals surface area contributed by atoms with Crippen LogP contribution in [0.3, 0.4) is 0 Å². The van der Waals surface area contributed by atoms with Crippen molar-refractivity contribution in [1.29, 1.82) is 0 Å². The first-order valence-electron chi connectivity index (χ1n) is 9.56. The van der Waals surface area contributed by atoms with Crippen molar-refractivity contribution in [1.82, 2.24) is 34.0 Å². The van der Waals surface area contributed by atoms with E-state index in [-0.39, 0.29) is 0 Å². The lowest BCUT2D eigenvalue weighted by Crippen LogP contribution is -2.51. The van der Waals surface area contributed by atoms with E-state index < -0.39 is 11.2 Å². The van der Waals surface area contributed by atoms with Gasteiger partial charge in [0.1, 0.15) is 0 Å². The summed E-state index contributed by atoms with van der Waals surface area (Å²) in [6, 6.07) is 1.88. The van der Waals surface area contributed by atoms with E-state index in [4.69, 9.17) is 5.73 Å². The van der Waals surface area contributed by atoms with Crippen LogP contribution >= 0.6 is 0 Å². The van der Waals surface area contributed by atoms with Crippen LogP contribution in [0.1, 0.15) is 11.4 Å². The zero-order valence-electron chi connectivity index (χ0n) is 17.4. The third kappa shape index (κ3) is 3.40. The number of guanidine groups is 1. The fourth-order valence-electron chi connectivity index (χ4n) is 3.54. The van der Waals surface area contributed by atoms with Crippen molar-refractivity contribution in [3.8, 4) is 0 Å². The maximum Gasteiger partial charge on any atom is 0.332 e. The van der Waals surface area contributed by atoms with Crippen LogP contribution < -0.4 is 21.9 Å². The lowest BCUT2D eigenvalue weighted by molar-refractivity contribution is 0.380. The summed E-state index contributed by atoms with van der Waals surface area (Å²) in [5.74, 6) is 1.26. The Morgan fingerprint density at radius 3 is 2.30 bits per heavy atom. The van der Waals surface area contributed by atoms with Crippen LogP contribution in [-0.4, -0.2) is 66.1 Å². The molecule has 12 heteroatoms. The molecule has 1 aliphatic heterocycles. The number of H-pyrrole nitrogens is 1. The average molecular weight is 412 g/mol. The maximum absolute atomic E-state index is 12.4. The summed E-state index contributed by atoms with van der Waals surface area (Å²) in [6.07, 6.45) is 0. The summed E-state index contributed by atoms with van der Waals surface area (Å²) >= 11 is 0. The minimum absolute atomic E-state index is 0.310. The van der Waals surface area contributed by atoms with Gasteiger partial charge in [-0.1, -0.05) is 0 Å². The molecule has 0 spiro atoms. The Bertz CT molecular complexity index is 1240. The van der Waals surface area contributed by atoms with Crippen LogP contribution in [0, 0.1) is 13.8 Å². The van der Waals surface area contributed by atoms with E-state index in [0.717, 1.165) is 16.0 Å². The highest BCUT2D eigenvalue weighted by Gasteiger charge is 2.23. The van der Waals surface area contributed by atoms with E-state index in [1.165, 1.54) is 11.6 Å². The highest BCUT2D eigenvalue weighted by Crippen LogP contribution is 2.16. The van der Waals surface area contributed by atoms with Gasteiger partial charge in [0.25, 0.3) is 11.5 Å². The van der Waals surface area contributed by atoms with E-state index in [1.54, 1.807) is 7.05 Å². The number of aromatic nitrogens is 6. The van der Waals surface area contributed by atoms with Crippen LogP contribution in [0.5, 0.6) is 0 Å². The van der Waals surface area contributed by atoms with Crippen molar-refractivity contribution in [2.75, 3.05) is 31.1 Å². The van der Waals surface area contributed by atoms with Crippen LogP contribution in [0.15, 0.2) is 20.6 Å². The molecule has 12 nitrogen and oxygen atoms in total. The predicted octanol–water partition coefficient (Wildman–Crippen LogP) is -0.864. The fraction of sp³-hybridized carbons (Fsp3) is 0.444. The maximum atomic E-state index is 12.4. The van der Waals surface area contributed by atoms with E-state index in [2.05, 4.69) is 24.9 Å². The highest BCUT2D eigenvalue weighted by atomic mass is 16.2. The minimum Gasteiger partial charge on any atom is -0.369 e. The Hall–Kier alpha value is -3.70. The molecule has 1 aliphatic rings. The topological polar surface area (TPSA) is 143 Å². The standard InChI is InChI=1S/C18H24N10O2/c1-10-9-11(2)21-16(20-10)24-15(19)27-5-7-28(8-6-27)17-22-12-13(23-17)25(3)18(30)26(4)14(12)29/h9H,5-8H2,1-4H3,(H,22,23)(H2,19,20,21,24). The van der Waals surface area contributed by atoms with Gasteiger partial charge in [0.15, 0.2) is 17.1 Å². The van der Waals surface area contributed by atoms with Gasteiger partial charge >= 0.3 is 5.69 Å². The highest BCUT2D eigenvalue weighted by molar-refractivity contribution is 5.80. The quantitative estimate of drug-likeness (QED) is 0.409. The molecule has 0 bridgehead atoms. The third-order valence-electron chi connectivity index (χ3n) is 5.17. The second-order valence-corrected chi connectivity index (χ2v) is 7.36. The molecule has 1 saturated heterocycles. The predicted molar refractivity (Wildman–Crippen MR) is 113 cm³/mol. The van der Waals surface area contributed by atoms with Crippen molar-refractivity contribution in [2.45, 2.75) is 13.8 Å². The average Bonchev–Trinajstić information content (AvgIpc) is 3.16. The zero-order chi connectivity index (χ0) is 21.6. The first kappa shape index (κ1) is 19.6. The monoisotopic (exact) mass is 412 g/mol. The van der Waals surface area contributed by atoms with Crippen molar-refractivity contribution in [3.63, 3.8) is 0 Å². The summed E-state index contributed by atoms with van der Waals surface area (Å²) in [6.45, 7) is 6.26. The normalized spacial score (nSPS) is 15.3. The summed E-state index contributed by atoms with van der Waals surface area (Å²) in [5.41, 5.74) is 7.69. The van der Waals surface area contributed by atoms with Gasteiger partial charge in [0.2, 0.25) is 5.95 Å². The van der Waals surface area contributed by atoms with Gasteiger partial charge in [-0.3, -0.25) is 13.9 Å². The third-order valence-corrected chi connectivity index (χ3v) is 5.17. The zero-order valence-corrected chi connectivity index (χ0v) is 17.4. The van der Waals surface area contributed by atoms with Gasteiger partial charge < -0.3 is 20.5 Å². The number of nitrogens with zero attached hydrogens (tertiary/aromatic N) is 8. The summed E-state index contributed by atoms with van der Waals surface area (Å²) in [4.78, 5) is 48.9. The molecule has 0 radical (unpaired) electrons. The second kappa shape index (κ2) is 7.28. The molecular formula is C18H24N10O2. The van der Waals surface area contributed by atoms with Crippen molar-refractivity contribution < 1.29 is 0 Å². The van der Waals surface area contributed by atoms with Gasteiger partial charge in [0, 0.05) is 51.7 Å². The molecule has 0 atom stereocenters. The van der Waals surface area contributed by atoms with Crippen LogP contribution in [0.4, 0.5) is 11.9 Å². The number of rotatable bonds is 2. The number of anilines is 1. The molecule has 0 saturated carbocycles. The molecule has 0 aliphatic carbocycles. The minimum atomic E-state index is -0.409. The van der Waals surface area contributed by atoms with Crippen molar-refractivity contribution >= 4 is 29.0 Å². The lowest BCUT2D eigenvalue weighted by atomic mass is 10.3. The Morgan fingerprint density at radius 2 is 1.67 bits per heavy atom.